The van der Waals surface area contributed by atoms with Gasteiger partial charge in [-0.05, 0) is 0 Å². The molecule has 0 aromatic rings. The Kier molecular flexibility index (Phi) is 5.04. The van der Waals surface area contributed by atoms with E-state index in [9.17, 15) is 18.4 Å². The molecule has 1 amide bonds. The van der Waals surface area contributed by atoms with Gasteiger partial charge in [-0.25, -0.2) is 8.78 Å². The molecule has 0 saturated heterocycles. The Morgan fingerprint density at radius 1 is 1.29 bits per heavy atom. The molecule has 0 rings (SSSR count). The zero-order valence-electron chi connectivity index (χ0n) is 7.96. The fraction of sp³-hybridized carbons (Fsp3) is 0.750. The summed E-state index contributed by atoms with van der Waals surface area (Å²) in [6.45, 7) is 2.00. The largest absolute Gasteiger partial charge is 0.481 e. The molecule has 82 valence electrons. The molecular formula is C8H13F2NO3. The summed E-state index contributed by atoms with van der Waals surface area (Å²) in [5.74, 6) is -3.48. The molecule has 0 aromatic carbocycles. The van der Waals surface area contributed by atoms with Gasteiger partial charge in [0.1, 0.15) is 0 Å². The van der Waals surface area contributed by atoms with Crippen LogP contribution in [0.3, 0.4) is 0 Å². The first-order chi connectivity index (χ1) is 6.36. The highest BCUT2D eigenvalue weighted by Crippen LogP contribution is 2.10. The number of aliphatic carboxylic acids is 1. The van der Waals surface area contributed by atoms with E-state index in [1.807, 2.05) is 5.32 Å². The second-order valence-electron chi connectivity index (χ2n) is 3.05. The molecule has 4 nitrogen and oxygen atoms in total. The van der Waals surface area contributed by atoms with Crippen LogP contribution < -0.4 is 5.32 Å². The van der Waals surface area contributed by atoms with Gasteiger partial charge in [0.15, 0.2) is 0 Å². The summed E-state index contributed by atoms with van der Waals surface area (Å²) < 4.78 is 23.4. The van der Waals surface area contributed by atoms with Crippen molar-refractivity contribution >= 4 is 11.9 Å². The van der Waals surface area contributed by atoms with Gasteiger partial charge in [-0.3, -0.25) is 9.59 Å². The molecule has 0 saturated carbocycles. The number of alkyl halides is 2. The molecule has 0 bridgehead atoms. The number of carbonyl (C=O) groups excluding carboxylic acids is 1. The van der Waals surface area contributed by atoms with Gasteiger partial charge in [-0.2, -0.15) is 0 Å². The Labute approximate surface area is 80.3 Å². The van der Waals surface area contributed by atoms with Crippen LogP contribution in [0.2, 0.25) is 0 Å². The zero-order chi connectivity index (χ0) is 11.3. The van der Waals surface area contributed by atoms with Crippen LogP contribution in [0.5, 0.6) is 0 Å². The van der Waals surface area contributed by atoms with Gasteiger partial charge in [0.25, 0.3) is 6.43 Å². The first-order valence-electron chi connectivity index (χ1n) is 4.15. The normalized spacial score (nSPS) is 14.9. The molecule has 0 aliphatic heterocycles. The third-order valence-corrected chi connectivity index (χ3v) is 1.98. The zero-order valence-corrected chi connectivity index (χ0v) is 7.96. The molecular weight excluding hydrogens is 196 g/mol. The molecule has 0 radical (unpaired) electrons. The van der Waals surface area contributed by atoms with Crippen LogP contribution in [-0.4, -0.2) is 30.0 Å². The van der Waals surface area contributed by atoms with Gasteiger partial charge >= 0.3 is 5.97 Å². The molecule has 2 unspecified atom stereocenters. The van der Waals surface area contributed by atoms with E-state index in [-0.39, 0.29) is 0 Å². The van der Waals surface area contributed by atoms with Crippen molar-refractivity contribution in [1.29, 1.82) is 0 Å². The molecule has 0 aromatic heterocycles. The van der Waals surface area contributed by atoms with E-state index < -0.39 is 36.7 Å². The van der Waals surface area contributed by atoms with Crippen LogP contribution >= 0.6 is 0 Å². The lowest BCUT2D eigenvalue weighted by Crippen LogP contribution is -2.37. The molecule has 0 heterocycles. The van der Waals surface area contributed by atoms with E-state index >= 15 is 0 Å². The third-order valence-electron chi connectivity index (χ3n) is 1.98. The number of hydrogen-bond donors (Lipinski definition) is 2. The second kappa shape index (κ2) is 5.51. The molecule has 14 heavy (non-hydrogen) atoms. The number of amides is 1. The van der Waals surface area contributed by atoms with E-state index in [0.717, 1.165) is 0 Å². The van der Waals surface area contributed by atoms with Crippen LogP contribution in [0.1, 0.15) is 13.8 Å². The SMILES string of the molecule is CC(C(=O)O)C(C)C(=O)NCC(F)F. The number of carboxylic acids is 1. The highest BCUT2D eigenvalue weighted by molar-refractivity contribution is 5.84. The van der Waals surface area contributed by atoms with Gasteiger partial charge in [0.05, 0.1) is 12.5 Å². The predicted molar refractivity (Wildman–Crippen MR) is 45.0 cm³/mol. The number of carboxylic acid groups (broad SMARTS) is 1. The summed E-state index contributed by atoms with van der Waals surface area (Å²) in [6.07, 6.45) is -2.62. The summed E-state index contributed by atoms with van der Waals surface area (Å²) in [5, 5.41) is 10.5. The lowest BCUT2D eigenvalue weighted by molar-refractivity contribution is -0.146. The van der Waals surface area contributed by atoms with Crippen molar-refractivity contribution in [3.63, 3.8) is 0 Å². The predicted octanol–water partition coefficient (Wildman–Crippen LogP) is 0.724. The molecule has 6 heteroatoms. The smallest absolute Gasteiger partial charge is 0.307 e. The Morgan fingerprint density at radius 2 is 1.79 bits per heavy atom. The summed E-state index contributed by atoms with van der Waals surface area (Å²) >= 11 is 0. The van der Waals surface area contributed by atoms with Gasteiger partial charge in [0.2, 0.25) is 5.91 Å². The third kappa shape index (κ3) is 4.15. The maximum absolute atomic E-state index is 11.7. The van der Waals surface area contributed by atoms with E-state index in [2.05, 4.69) is 0 Å². The fourth-order valence-corrected chi connectivity index (χ4v) is 0.780. The van der Waals surface area contributed by atoms with Crippen LogP contribution in [0.15, 0.2) is 0 Å². The molecule has 0 spiro atoms. The molecule has 0 aliphatic carbocycles. The minimum absolute atomic E-state index is 0.666. The Hall–Kier alpha value is -1.20. The van der Waals surface area contributed by atoms with Gasteiger partial charge in [-0.15, -0.1) is 0 Å². The highest BCUT2D eigenvalue weighted by Gasteiger charge is 2.25. The lowest BCUT2D eigenvalue weighted by atomic mass is 9.95. The number of hydrogen-bond acceptors (Lipinski definition) is 2. The van der Waals surface area contributed by atoms with Crippen molar-refractivity contribution in [3.8, 4) is 0 Å². The monoisotopic (exact) mass is 209 g/mol. The van der Waals surface area contributed by atoms with Gasteiger partial charge < -0.3 is 10.4 Å². The van der Waals surface area contributed by atoms with E-state index in [4.69, 9.17) is 5.11 Å². The van der Waals surface area contributed by atoms with Crippen molar-refractivity contribution in [3.05, 3.63) is 0 Å². The minimum atomic E-state index is -2.62. The van der Waals surface area contributed by atoms with Crippen molar-refractivity contribution in [1.82, 2.24) is 5.32 Å². The molecule has 2 atom stereocenters. The fourth-order valence-electron chi connectivity index (χ4n) is 0.780. The summed E-state index contributed by atoms with van der Waals surface area (Å²) in [4.78, 5) is 21.5. The average molecular weight is 209 g/mol. The van der Waals surface area contributed by atoms with Crippen molar-refractivity contribution in [2.24, 2.45) is 11.8 Å². The van der Waals surface area contributed by atoms with E-state index in [1.165, 1.54) is 13.8 Å². The van der Waals surface area contributed by atoms with Crippen LogP contribution in [0, 0.1) is 11.8 Å². The maximum atomic E-state index is 11.7. The topological polar surface area (TPSA) is 66.4 Å². The van der Waals surface area contributed by atoms with Gasteiger partial charge in [-0.1, -0.05) is 13.8 Å². The maximum Gasteiger partial charge on any atom is 0.307 e. The second-order valence-corrected chi connectivity index (χ2v) is 3.05. The summed E-state index contributed by atoms with van der Waals surface area (Å²) in [6, 6.07) is 0. The Balaban J connectivity index is 4.05. The molecule has 2 N–H and O–H groups in total. The molecule has 0 fully saturated rings. The first-order valence-corrected chi connectivity index (χ1v) is 4.15. The number of carbonyl (C=O) groups is 2. The van der Waals surface area contributed by atoms with E-state index in [1.54, 1.807) is 0 Å². The number of nitrogens with one attached hydrogen (secondary N) is 1. The lowest BCUT2D eigenvalue weighted by Gasteiger charge is -2.15. The highest BCUT2D eigenvalue weighted by atomic mass is 19.3. The van der Waals surface area contributed by atoms with Crippen LogP contribution in [0.25, 0.3) is 0 Å². The number of rotatable bonds is 5. The summed E-state index contributed by atoms with van der Waals surface area (Å²) in [5.41, 5.74) is 0. The first kappa shape index (κ1) is 12.8. The Bertz CT molecular complexity index is 221. The minimum Gasteiger partial charge on any atom is -0.481 e. The van der Waals surface area contributed by atoms with Crippen LogP contribution in [0.4, 0.5) is 8.78 Å². The van der Waals surface area contributed by atoms with Crippen molar-refractivity contribution in [2.75, 3.05) is 6.54 Å². The standard InChI is InChI=1S/C8H13F2NO3/c1-4(5(2)8(13)14)7(12)11-3-6(9)10/h4-6H,3H2,1-2H3,(H,11,12)(H,13,14). The van der Waals surface area contributed by atoms with Gasteiger partial charge in [0, 0.05) is 5.92 Å². The summed E-state index contributed by atoms with van der Waals surface area (Å²) in [7, 11) is 0. The molecule has 0 aliphatic rings. The van der Waals surface area contributed by atoms with Crippen molar-refractivity contribution < 1.29 is 23.5 Å². The Morgan fingerprint density at radius 3 is 2.14 bits per heavy atom. The average Bonchev–Trinajstić information content (AvgIpc) is 2.11. The van der Waals surface area contributed by atoms with Crippen molar-refractivity contribution in [2.45, 2.75) is 20.3 Å². The number of halogens is 2. The quantitative estimate of drug-likeness (QED) is 0.701. The van der Waals surface area contributed by atoms with E-state index in [0.29, 0.717) is 0 Å². The van der Waals surface area contributed by atoms with Crippen LogP contribution in [-0.2, 0) is 9.59 Å².